The number of carbonyl (C=O) groups is 1. The Morgan fingerprint density at radius 1 is 1.18 bits per heavy atom. The molecule has 22 heavy (non-hydrogen) atoms. The van der Waals surface area contributed by atoms with E-state index in [9.17, 15) is 4.79 Å². The van der Waals surface area contributed by atoms with E-state index in [1.165, 1.54) is 0 Å². The van der Waals surface area contributed by atoms with Crippen LogP contribution in [0.15, 0.2) is 48.5 Å². The number of rotatable bonds is 5. The number of benzene rings is 2. The highest BCUT2D eigenvalue weighted by molar-refractivity contribution is 6.07. The monoisotopic (exact) mass is 296 g/mol. The van der Waals surface area contributed by atoms with Gasteiger partial charge in [0.25, 0.3) is 0 Å². The van der Waals surface area contributed by atoms with Gasteiger partial charge in [-0.15, -0.1) is 0 Å². The minimum absolute atomic E-state index is 0.0832. The van der Waals surface area contributed by atoms with Crippen LogP contribution in [-0.2, 0) is 0 Å². The Bertz CT molecular complexity index is 719. The number of ether oxygens (including phenoxy) is 3. The Morgan fingerprint density at radius 3 is 2.91 bits per heavy atom. The highest BCUT2D eigenvalue weighted by Gasteiger charge is 2.14. The highest BCUT2D eigenvalue weighted by Crippen LogP contribution is 2.32. The molecule has 4 nitrogen and oxygen atoms in total. The first-order valence-electron chi connectivity index (χ1n) is 7.11. The van der Waals surface area contributed by atoms with Crippen LogP contribution in [0, 0.1) is 0 Å². The van der Waals surface area contributed by atoms with E-state index in [0.717, 1.165) is 11.3 Å². The van der Waals surface area contributed by atoms with Crippen molar-refractivity contribution in [1.82, 2.24) is 0 Å². The van der Waals surface area contributed by atoms with Gasteiger partial charge < -0.3 is 14.2 Å². The minimum atomic E-state index is -0.0832. The molecule has 1 heterocycles. The second-order valence-electron chi connectivity index (χ2n) is 4.77. The molecule has 1 aliphatic heterocycles. The predicted molar refractivity (Wildman–Crippen MR) is 83.5 cm³/mol. The van der Waals surface area contributed by atoms with Crippen molar-refractivity contribution in [3.05, 3.63) is 59.7 Å². The van der Waals surface area contributed by atoms with Gasteiger partial charge in [0, 0.05) is 5.56 Å². The summed E-state index contributed by atoms with van der Waals surface area (Å²) < 4.78 is 16.0. The Balaban J connectivity index is 1.74. The summed E-state index contributed by atoms with van der Waals surface area (Å²) in [6.45, 7) is 2.75. The second-order valence-corrected chi connectivity index (χ2v) is 4.77. The molecular weight excluding hydrogens is 280 g/mol. The van der Waals surface area contributed by atoms with Crippen LogP contribution in [0.25, 0.3) is 6.08 Å². The van der Waals surface area contributed by atoms with Crippen molar-refractivity contribution in [3.8, 4) is 17.2 Å². The largest absolute Gasteiger partial charge is 0.494 e. The van der Waals surface area contributed by atoms with Crippen LogP contribution in [0.5, 0.6) is 17.2 Å². The van der Waals surface area contributed by atoms with E-state index in [2.05, 4.69) is 0 Å². The van der Waals surface area contributed by atoms with Crippen molar-refractivity contribution < 1.29 is 19.0 Å². The standard InChI is InChI=1S/C18H16O4/c1-2-20-15-5-3-4-13(10-15)6-8-16(19)14-7-9-17-18(11-14)22-12-21-17/h3-11H,2,12H2,1H3. The van der Waals surface area contributed by atoms with Crippen molar-refractivity contribution in [1.29, 1.82) is 0 Å². The average Bonchev–Trinajstić information content (AvgIpc) is 3.01. The Labute approximate surface area is 128 Å². The molecule has 4 heteroatoms. The summed E-state index contributed by atoms with van der Waals surface area (Å²) in [4.78, 5) is 12.2. The van der Waals surface area contributed by atoms with Crippen LogP contribution in [0.1, 0.15) is 22.8 Å². The van der Waals surface area contributed by atoms with Gasteiger partial charge in [-0.05, 0) is 48.9 Å². The van der Waals surface area contributed by atoms with Crippen molar-refractivity contribution >= 4 is 11.9 Å². The zero-order valence-electron chi connectivity index (χ0n) is 12.2. The molecule has 112 valence electrons. The molecule has 2 aromatic carbocycles. The maximum atomic E-state index is 12.2. The third-order valence-electron chi connectivity index (χ3n) is 3.25. The van der Waals surface area contributed by atoms with Crippen LogP contribution in [0.3, 0.4) is 0 Å². The summed E-state index contributed by atoms with van der Waals surface area (Å²) in [6.07, 6.45) is 3.32. The van der Waals surface area contributed by atoms with Crippen molar-refractivity contribution in [3.63, 3.8) is 0 Å². The lowest BCUT2D eigenvalue weighted by Gasteiger charge is -2.03. The molecular formula is C18H16O4. The fourth-order valence-electron chi connectivity index (χ4n) is 2.19. The van der Waals surface area contributed by atoms with Crippen LogP contribution >= 0.6 is 0 Å². The lowest BCUT2D eigenvalue weighted by molar-refractivity contribution is 0.104. The SMILES string of the molecule is CCOc1cccc(C=CC(=O)c2ccc3c(c2)OCO3)c1. The van der Waals surface area contributed by atoms with Gasteiger partial charge >= 0.3 is 0 Å². The Hall–Kier alpha value is -2.75. The zero-order valence-corrected chi connectivity index (χ0v) is 12.2. The Morgan fingerprint density at radius 2 is 2.05 bits per heavy atom. The molecule has 0 saturated carbocycles. The fourth-order valence-corrected chi connectivity index (χ4v) is 2.19. The molecule has 0 atom stereocenters. The molecule has 2 aromatic rings. The van der Waals surface area contributed by atoms with E-state index >= 15 is 0 Å². The first-order chi connectivity index (χ1) is 10.8. The van der Waals surface area contributed by atoms with Crippen molar-refractivity contribution in [2.75, 3.05) is 13.4 Å². The van der Waals surface area contributed by atoms with E-state index in [4.69, 9.17) is 14.2 Å². The average molecular weight is 296 g/mol. The normalized spacial score (nSPS) is 12.6. The molecule has 0 spiro atoms. The summed E-state index contributed by atoms with van der Waals surface area (Å²) in [5.41, 5.74) is 1.49. The molecule has 0 amide bonds. The van der Waals surface area contributed by atoms with Gasteiger partial charge in [-0.25, -0.2) is 0 Å². The van der Waals surface area contributed by atoms with Gasteiger partial charge in [0.1, 0.15) is 5.75 Å². The third-order valence-corrected chi connectivity index (χ3v) is 3.25. The van der Waals surface area contributed by atoms with Gasteiger partial charge in [-0.3, -0.25) is 4.79 Å². The van der Waals surface area contributed by atoms with E-state index in [0.29, 0.717) is 23.7 Å². The molecule has 0 unspecified atom stereocenters. The van der Waals surface area contributed by atoms with Gasteiger partial charge in [0.15, 0.2) is 17.3 Å². The van der Waals surface area contributed by atoms with E-state index in [1.807, 2.05) is 31.2 Å². The van der Waals surface area contributed by atoms with Crippen LogP contribution in [-0.4, -0.2) is 19.2 Å². The molecule has 0 aromatic heterocycles. The minimum Gasteiger partial charge on any atom is -0.494 e. The lowest BCUT2D eigenvalue weighted by Crippen LogP contribution is -1.94. The smallest absolute Gasteiger partial charge is 0.231 e. The summed E-state index contributed by atoms with van der Waals surface area (Å²) in [6, 6.07) is 12.8. The summed E-state index contributed by atoms with van der Waals surface area (Å²) >= 11 is 0. The van der Waals surface area contributed by atoms with Gasteiger partial charge in [0.05, 0.1) is 6.61 Å². The maximum Gasteiger partial charge on any atom is 0.231 e. The van der Waals surface area contributed by atoms with Crippen molar-refractivity contribution in [2.45, 2.75) is 6.92 Å². The molecule has 0 N–H and O–H groups in total. The maximum absolute atomic E-state index is 12.2. The summed E-state index contributed by atoms with van der Waals surface area (Å²) in [5, 5.41) is 0. The number of hydrogen-bond acceptors (Lipinski definition) is 4. The van der Waals surface area contributed by atoms with Crippen molar-refractivity contribution in [2.24, 2.45) is 0 Å². The predicted octanol–water partition coefficient (Wildman–Crippen LogP) is 3.71. The molecule has 0 bridgehead atoms. The molecule has 0 radical (unpaired) electrons. The molecule has 0 fully saturated rings. The van der Waals surface area contributed by atoms with Crippen LogP contribution in [0.2, 0.25) is 0 Å². The number of ketones is 1. The van der Waals surface area contributed by atoms with Gasteiger partial charge in [-0.1, -0.05) is 18.2 Å². The van der Waals surface area contributed by atoms with E-state index in [-0.39, 0.29) is 12.6 Å². The van der Waals surface area contributed by atoms with Gasteiger partial charge in [0.2, 0.25) is 6.79 Å². The van der Waals surface area contributed by atoms with E-state index < -0.39 is 0 Å². The first kappa shape index (κ1) is 14.2. The highest BCUT2D eigenvalue weighted by atomic mass is 16.7. The summed E-state index contributed by atoms with van der Waals surface area (Å²) in [5.74, 6) is 1.99. The molecule has 0 aliphatic carbocycles. The van der Waals surface area contributed by atoms with Crippen LogP contribution in [0.4, 0.5) is 0 Å². The number of hydrogen-bond donors (Lipinski definition) is 0. The number of carbonyl (C=O) groups excluding carboxylic acids is 1. The van der Waals surface area contributed by atoms with Crippen LogP contribution < -0.4 is 14.2 Å². The lowest BCUT2D eigenvalue weighted by atomic mass is 10.1. The topological polar surface area (TPSA) is 44.8 Å². The molecule has 0 saturated heterocycles. The number of fused-ring (bicyclic) bond motifs is 1. The zero-order chi connectivity index (χ0) is 15.4. The first-order valence-corrected chi connectivity index (χ1v) is 7.11. The molecule has 3 rings (SSSR count). The fraction of sp³-hybridized carbons (Fsp3) is 0.167. The molecule has 1 aliphatic rings. The number of allylic oxidation sites excluding steroid dienone is 1. The second kappa shape index (κ2) is 6.35. The summed E-state index contributed by atoms with van der Waals surface area (Å²) in [7, 11) is 0. The quantitative estimate of drug-likeness (QED) is 0.623. The Kier molecular flexibility index (Phi) is 4.10. The van der Waals surface area contributed by atoms with Gasteiger partial charge in [-0.2, -0.15) is 0 Å². The van der Waals surface area contributed by atoms with E-state index in [1.54, 1.807) is 30.4 Å². The third kappa shape index (κ3) is 3.11.